The number of benzene rings is 2. The van der Waals surface area contributed by atoms with Crippen molar-refractivity contribution in [2.24, 2.45) is 0 Å². The first-order valence-electron chi connectivity index (χ1n) is 7.70. The quantitative estimate of drug-likeness (QED) is 0.384. The molecule has 0 atom stereocenters. The van der Waals surface area contributed by atoms with Crippen LogP contribution in [0.5, 0.6) is 0 Å². The van der Waals surface area contributed by atoms with Crippen LogP contribution in [0.2, 0.25) is 0 Å². The van der Waals surface area contributed by atoms with Gasteiger partial charge in [0.25, 0.3) is 0 Å². The van der Waals surface area contributed by atoms with Crippen molar-refractivity contribution in [3.05, 3.63) is 79.7 Å². The summed E-state index contributed by atoms with van der Waals surface area (Å²) in [6, 6.07) is 18.0. The molecule has 2 aromatic rings. The third kappa shape index (κ3) is 4.78. The van der Waals surface area contributed by atoms with Crippen molar-refractivity contribution in [2.45, 2.75) is 25.7 Å². The summed E-state index contributed by atoms with van der Waals surface area (Å²) in [6.07, 6.45) is 11.9. The van der Waals surface area contributed by atoms with Gasteiger partial charge in [0.1, 0.15) is 0 Å². The molecule has 2 aromatic carbocycles. The summed E-state index contributed by atoms with van der Waals surface area (Å²) in [6.45, 7) is 0. The fraction of sp³-hybridized carbons (Fsp3) is 0.200. The summed E-state index contributed by atoms with van der Waals surface area (Å²) >= 11 is 5.57. The van der Waals surface area contributed by atoms with E-state index in [1.54, 1.807) is 3.96 Å². The van der Waals surface area contributed by atoms with Gasteiger partial charge in [-0.3, -0.25) is 0 Å². The molecule has 0 heterocycles. The third-order valence-corrected chi connectivity index (χ3v) is 11.2. The second-order valence-corrected chi connectivity index (χ2v) is 12.9. The van der Waals surface area contributed by atoms with Crippen LogP contribution in [0.1, 0.15) is 25.7 Å². The molecule has 0 saturated heterocycles. The van der Waals surface area contributed by atoms with Gasteiger partial charge in [-0.15, -0.1) is 0 Å². The van der Waals surface area contributed by atoms with Crippen molar-refractivity contribution in [1.82, 2.24) is 0 Å². The molecule has 0 spiro atoms. The van der Waals surface area contributed by atoms with Crippen LogP contribution in [0.4, 0.5) is 0 Å². The fourth-order valence-corrected chi connectivity index (χ4v) is 9.34. The van der Waals surface area contributed by atoms with E-state index in [9.17, 15) is 0 Å². The van der Waals surface area contributed by atoms with Crippen molar-refractivity contribution in [3.63, 3.8) is 0 Å². The normalized spacial score (nSPS) is 15.6. The van der Waals surface area contributed by atoms with Gasteiger partial charge in [-0.25, -0.2) is 0 Å². The minimum atomic E-state index is -1.56. The van der Waals surface area contributed by atoms with Crippen molar-refractivity contribution in [1.29, 1.82) is 0 Å². The van der Waals surface area contributed by atoms with Gasteiger partial charge in [-0.2, -0.15) is 0 Å². The van der Waals surface area contributed by atoms with E-state index in [1.165, 1.54) is 33.6 Å². The molecule has 0 unspecified atom stereocenters. The number of rotatable bonds is 3. The Labute approximate surface area is 161 Å². The van der Waals surface area contributed by atoms with Crippen LogP contribution >= 0.6 is 31.9 Å². The first kappa shape index (κ1) is 17.4. The van der Waals surface area contributed by atoms with Crippen LogP contribution in [0.25, 0.3) is 0 Å². The SMILES string of the molecule is Brc1cc[c]([Pt]([C]2=CCCC=CCC2)[c]2ccc(Br)cc2)cc1. The third-order valence-electron chi connectivity index (χ3n) is 3.52. The Morgan fingerprint density at radius 3 is 1.74 bits per heavy atom. The van der Waals surface area contributed by atoms with Crippen LogP contribution in [-0.4, -0.2) is 0 Å². The summed E-state index contributed by atoms with van der Waals surface area (Å²) in [5.41, 5.74) is 0. The van der Waals surface area contributed by atoms with E-state index in [4.69, 9.17) is 0 Å². The minimum absolute atomic E-state index is 1.16. The standard InChI is InChI=1S/C8H11.2C6H4Br.Pt/c1-2-4-6-8-7-5-3-1;2*7-6-4-2-1-3-5-6;/h1-2,7H,3-6H2;2*2-5H;. The Morgan fingerprint density at radius 1 is 0.652 bits per heavy atom. The Morgan fingerprint density at radius 2 is 1.17 bits per heavy atom. The zero-order valence-corrected chi connectivity index (χ0v) is 18.2. The molecule has 0 bridgehead atoms. The number of allylic oxidation sites excluding steroid dienone is 4. The van der Waals surface area contributed by atoms with E-state index >= 15 is 0 Å². The summed E-state index contributed by atoms with van der Waals surface area (Å²) in [5, 5.41) is 0. The summed E-state index contributed by atoms with van der Waals surface area (Å²) in [7, 11) is 0. The number of hydrogen-bond acceptors (Lipinski definition) is 0. The van der Waals surface area contributed by atoms with Gasteiger partial charge in [0.05, 0.1) is 0 Å². The molecule has 0 saturated carbocycles. The predicted octanol–water partition coefficient (Wildman–Crippen LogP) is 5.79. The average molecular weight is 614 g/mol. The zero-order chi connectivity index (χ0) is 16.1. The molecule has 1 aliphatic carbocycles. The van der Waals surface area contributed by atoms with Gasteiger partial charge < -0.3 is 0 Å². The van der Waals surface area contributed by atoms with Crippen molar-refractivity contribution in [2.75, 3.05) is 0 Å². The van der Waals surface area contributed by atoms with Gasteiger partial charge in [0, 0.05) is 0 Å². The second kappa shape index (κ2) is 8.60. The number of halogens is 2. The zero-order valence-electron chi connectivity index (χ0n) is 12.8. The van der Waals surface area contributed by atoms with Crippen molar-refractivity contribution in [3.8, 4) is 0 Å². The van der Waals surface area contributed by atoms with Crippen LogP contribution in [0.3, 0.4) is 0 Å². The molecular formula is C20H19Br2Pt. The van der Waals surface area contributed by atoms with Crippen LogP contribution < -0.4 is 7.91 Å². The first-order valence-corrected chi connectivity index (χ1v) is 12.7. The second-order valence-electron chi connectivity index (χ2n) is 5.24. The molecule has 0 fully saturated rings. The van der Waals surface area contributed by atoms with Crippen molar-refractivity contribution < 1.29 is 17.3 Å². The maximum absolute atomic E-state index is 3.57. The summed E-state index contributed by atoms with van der Waals surface area (Å²) < 4.78 is 7.06. The molecule has 23 heavy (non-hydrogen) atoms. The van der Waals surface area contributed by atoms with Crippen LogP contribution in [-0.2, 0) is 17.3 Å². The maximum atomic E-state index is 3.57. The molecule has 0 amide bonds. The first-order chi connectivity index (χ1) is 11.2. The molecule has 123 valence electrons. The molecule has 0 nitrogen and oxygen atoms in total. The molecule has 0 radical (unpaired) electrons. The fourth-order valence-electron chi connectivity index (χ4n) is 2.41. The summed E-state index contributed by atoms with van der Waals surface area (Å²) in [5.74, 6) is 0. The molecular weight excluding hydrogens is 595 g/mol. The molecule has 0 N–H and O–H groups in total. The van der Waals surface area contributed by atoms with Gasteiger partial charge in [-0.1, -0.05) is 0 Å². The average Bonchev–Trinajstić information content (AvgIpc) is 2.53. The summed E-state index contributed by atoms with van der Waals surface area (Å²) in [4.78, 5) is 0. The van der Waals surface area contributed by atoms with E-state index in [2.05, 4.69) is 98.6 Å². The Hall–Kier alpha value is -0.432. The van der Waals surface area contributed by atoms with E-state index in [0.717, 1.165) is 8.95 Å². The van der Waals surface area contributed by atoms with Gasteiger partial charge in [0.15, 0.2) is 0 Å². The molecule has 0 aliphatic heterocycles. The van der Waals surface area contributed by atoms with E-state index < -0.39 is 17.3 Å². The molecule has 1 aliphatic rings. The molecule has 3 rings (SSSR count). The predicted molar refractivity (Wildman–Crippen MR) is 103 cm³/mol. The van der Waals surface area contributed by atoms with E-state index in [1.807, 2.05) is 0 Å². The molecule has 3 heteroatoms. The van der Waals surface area contributed by atoms with Crippen LogP contribution in [0, 0.1) is 0 Å². The Balaban J connectivity index is 2.01. The van der Waals surface area contributed by atoms with Crippen LogP contribution in [0.15, 0.2) is 79.7 Å². The Bertz CT molecular complexity index is 654. The topological polar surface area (TPSA) is 0 Å². The van der Waals surface area contributed by atoms with Gasteiger partial charge in [-0.05, 0) is 0 Å². The van der Waals surface area contributed by atoms with Crippen molar-refractivity contribution >= 4 is 39.8 Å². The van der Waals surface area contributed by atoms with Gasteiger partial charge in [0.2, 0.25) is 0 Å². The Kier molecular flexibility index (Phi) is 6.51. The molecule has 0 aromatic heterocycles. The van der Waals surface area contributed by atoms with Gasteiger partial charge >= 0.3 is 162 Å². The van der Waals surface area contributed by atoms with E-state index in [0.29, 0.717) is 0 Å². The number of hydrogen-bond donors (Lipinski definition) is 0. The van der Waals surface area contributed by atoms with E-state index in [-0.39, 0.29) is 0 Å². The monoisotopic (exact) mass is 612 g/mol.